The number of hydrogen-bond donors (Lipinski definition) is 1. The van der Waals surface area contributed by atoms with Crippen LogP contribution in [0.4, 0.5) is 0 Å². The number of benzene rings is 2. The monoisotopic (exact) mass is 370 g/mol. The maximum Gasteiger partial charge on any atom is 0.277 e. The zero-order chi connectivity index (χ0) is 19.8. The van der Waals surface area contributed by atoms with E-state index in [4.69, 9.17) is 14.2 Å². The molecule has 2 rings (SSSR count). The van der Waals surface area contributed by atoms with Crippen LogP contribution in [0, 0.1) is 13.8 Å². The summed E-state index contributed by atoms with van der Waals surface area (Å²) in [6.45, 7) is 7.70. The molecule has 0 aromatic heterocycles. The summed E-state index contributed by atoms with van der Waals surface area (Å²) in [5.41, 5.74) is 5.29. The topological polar surface area (TPSA) is 69.2 Å². The molecular weight excluding hydrogens is 344 g/mol. The highest BCUT2D eigenvalue weighted by atomic mass is 16.5. The lowest BCUT2D eigenvalue weighted by Gasteiger charge is -2.13. The first-order valence-corrected chi connectivity index (χ1v) is 8.75. The molecule has 6 heteroatoms. The number of carbonyl (C=O) groups excluding carboxylic acids is 1. The summed E-state index contributed by atoms with van der Waals surface area (Å²) in [5, 5.41) is 3.96. The number of aryl methyl sites for hydroxylation is 2. The summed E-state index contributed by atoms with van der Waals surface area (Å²) in [5.74, 6) is 1.63. The van der Waals surface area contributed by atoms with Gasteiger partial charge >= 0.3 is 0 Å². The Balaban J connectivity index is 1.90. The molecule has 0 aliphatic heterocycles. The van der Waals surface area contributed by atoms with Gasteiger partial charge in [-0.05, 0) is 68.7 Å². The molecule has 0 saturated carbocycles. The minimum absolute atomic E-state index is 0.0507. The van der Waals surface area contributed by atoms with Gasteiger partial charge in [0.1, 0.15) is 5.75 Å². The van der Waals surface area contributed by atoms with E-state index in [0.717, 1.165) is 16.7 Å². The third kappa shape index (κ3) is 6.33. The number of hydrazone groups is 1. The van der Waals surface area contributed by atoms with Crippen LogP contribution < -0.4 is 19.6 Å². The van der Waals surface area contributed by atoms with E-state index in [0.29, 0.717) is 17.2 Å². The SMILES string of the molecule is COc1cc(/C=N/NC(=O)COc2cc(C)ccc2C)ccc1OC(C)C. The lowest BCUT2D eigenvalue weighted by atomic mass is 10.1. The Morgan fingerprint density at radius 1 is 1.11 bits per heavy atom. The lowest BCUT2D eigenvalue weighted by molar-refractivity contribution is -0.123. The molecule has 1 N–H and O–H groups in total. The minimum atomic E-state index is -0.334. The smallest absolute Gasteiger partial charge is 0.277 e. The standard InChI is InChI=1S/C21H26N2O4/c1-14(2)27-18-9-8-17(11-20(18)25-5)12-22-23-21(24)13-26-19-10-15(3)6-7-16(19)4/h6-12,14H,13H2,1-5H3,(H,23,24)/b22-12+. The van der Waals surface area contributed by atoms with Gasteiger partial charge in [-0.3, -0.25) is 4.79 Å². The van der Waals surface area contributed by atoms with Crippen molar-refractivity contribution in [3.63, 3.8) is 0 Å². The number of ether oxygens (including phenoxy) is 3. The molecule has 1 amide bonds. The molecule has 0 radical (unpaired) electrons. The Hall–Kier alpha value is -3.02. The fourth-order valence-corrected chi connectivity index (χ4v) is 2.33. The molecule has 6 nitrogen and oxygen atoms in total. The third-order valence-corrected chi connectivity index (χ3v) is 3.66. The Kier molecular flexibility index (Phi) is 7.23. The van der Waals surface area contributed by atoms with Gasteiger partial charge in [0, 0.05) is 0 Å². The molecule has 0 spiro atoms. The van der Waals surface area contributed by atoms with E-state index in [9.17, 15) is 4.79 Å². The van der Waals surface area contributed by atoms with Crippen molar-refractivity contribution in [2.75, 3.05) is 13.7 Å². The van der Waals surface area contributed by atoms with Gasteiger partial charge < -0.3 is 14.2 Å². The van der Waals surface area contributed by atoms with Crippen LogP contribution in [0.15, 0.2) is 41.5 Å². The van der Waals surface area contributed by atoms with Gasteiger partial charge in [-0.15, -0.1) is 0 Å². The van der Waals surface area contributed by atoms with E-state index in [-0.39, 0.29) is 18.6 Å². The molecule has 0 heterocycles. The molecule has 0 unspecified atom stereocenters. The van der Waals surface area contributed by atoms with Crippen molar-refractivity contribution < 1.29 is 19.0 Å². The maximum absolute atomic E-state index is 11.9. The quantitative estimate of drug-likeness (QED) is 0.569. The van der Waals surface area contributed by atoms with Crippen LogP contribution in [0.3, 0.4) is 0 Å². The second kappa shape index (κ2) is 9.62. The average Bonchev–Trinajstić information content (AvgIpc) is 2.63. The Labute approximate surface area is 160 Å². The molecule has 0 bridgehead atoms. The van der Waals surface area contributed by atoms with Crippen LogP contribution in [-0.2, 0) is 4.79 Å². The summed E-state index contributed by atoms with van der Waals surface area (Å²) in [4.78, 5) is 11.9. The first-order chi connectivity index (χ1) is 12.9. The number of rotatable bonds is 8. The number of amides is 1. The van der Waals surface area contributed by atoms with Gasteiger partial charge in [-0.1, -0.05) is 12.1 Å². The van der Waals surface area contributed by atoms with Gasteiger partial charge in [-0.2, -0.15) is 5.10 Å². The van der Waals surface area contributed by atoms with Crippen LogP contribution in [0.2, 0.25) is 0 Å². The molecular formula is C21H26N2O4. The van der Waals surface area contributed by atoms with Crippen molar-refractivity contribution in [3.8, 4) is 17.2 Å². The number of methoxy groups -OCH3 is 1. The fourth-order valence-electron chi connectivity index (χ4n) is 2.33. The minimum Gasteiger partial charge on any atom is -0.493 e. The molecule has 2 aromatic rings. The van der Waals surface area contributed by atoms with E-state index in [2.05, 4.69) is 10.5 Å². The largest absolute Gasteiger partial charge is 0.493 e. The Bertz CT molecular complexity index is 816. The van der Waals surface area contributed by atoms with Gasteiger partial charge in [0.25, 0.3) is 5.91 Å². The third-order valence-electron chi connectivity index (χ3n) is 3.66. The highest BCUT2D eigenvalue weighted by Crippen LogP contribution is 2.28. The lowest BCUT2D eigenvalue weighted by Crippen LogP contribution is -2.24. The summed E-state index contributed by atoms with van der Waals surface area (Å²) in [6.07, 6.45) is 1.59. The average molecular weight is 370 g/mol. The highest BCUT2D eigenvalue weighted by molar-refractivity contribution is 5.83. The van der Waals surface area contributed by atoms with Crippen LogP contribution in [0.1, 0.15) is 30.5 Å². The van der Waals surface area contributed by atoms with Gasteiger partial charge in [0.05, 0.1) is 19.4 Å². The van der Waals surface area contributed by atoms with E-state index in [1.807, 2.05) is 58.0 Å². The molecule has 0 saturated heterocycles. The van der Waals surface area contributed by atoms with Gasteiger partial charge in [0.15, 0.2) is 18.1 Å². The van der Waals surface area contributed by atoms with E-state index >= 15 is 0 Å². The van der Waals surface area contributed by atoms with Gasteiger partial charge in [0.2, 0.25) is 0 Å². The molecule has 2 aromatic carbocycles. The first kappa shape index (κ1) is 20.3. The maximum atomic E-state index is 11.9. The first-order valence-electron chi connectivity index (χ1n) is 8.75. The second-order valence-electron chi connectivity index (χ2n) is 6.43. The number of carbonyl (C=O) groups is 1. The predicted molar refractivity (Wildman–Crippen MR) is 106 cm³/mol. The van der Waals surface area contributed by atoms with Crippen LogP contribution >= 0.6 is 0 Å². The zero-order valence-corrected chi connectivity index (χ0v) is 16.4. The van der Waals surface area contributed by atoms with Crippen LogP contribution in [0.25, 0.3) is 0 Å². The van der Waals surface area contributed by atoms with Crippen molar-refractivity contribution >= 4 is 12.1 Å². The van der Waals surface area contributed by atoms with Crippen molar-refractivity contribution in [1.82, 2.24) is 5.43 Å². The molecule has 144 valence electrons. The molecule has 27 heavy (non-hydrogen) atoms. The van der Waals surface area contributed by atoms with Gasteiger partial charge in [-0.25, -0.2) is 5.43 Å². The van der Waals surface area contributed by atoms with Crippen molar-refractivity contribution in [2.45, 2.75) is 33.8 Å². The number of hydrogen-bond acceptors (Lipinski definition) is 5. The zero-order valence-electron chi connectivity index (χ0n) is 16.4. The Morgan fingerprint density at radius 2 is 1.89 bits per heavy atom. The Morgan fingerprint density at radius 3 is 2.59 bits per heavy atom. The van der Waals surface area contributed by atoms with E-state index in [1.165, 1.54) is 6.21 Å². The highest BCUT2D eigenvalue weighted by Gasteiger charge is 2.07. The molecule has 0 fully saturated rings. The summed E-state index contributed by atoms with van der Waals surface area (Å²) < 4.78 is 16.5. The molecule has 0 aliphatic rings. The van der Waals surface area contributed by atoms with Crippen molar-refractivity contribution in [3.05, 3.63) is 53.1 Å². The summed E-state index contributed by atoms with van der Waals surface area (Å²) in [7, 11) is 1.58. The molecule has 0 aliphatic carbocycles. The summed E-state index contributed by atoms with van der Waals surface area (Å²) >= 11 is 0. The number of nitrogens with one attached hydrogen (secondary N) is 1. The normalized spacial score (nSPS) is 10.9. The van der Waals surface area contributed by atoms with E-state index < -0.39 is 0 Å². The van der Waals surface area contributed by atoms with Crippen LogP contribution in [0.5, 0.6) is 17.2 Å². The van der Waals surface area contributed by atoms with Crippen molar-refractivity contribution in [2.24, 2.45) is 5.10 Å². The fraction of sp³-hybridized carbons (Fsp3) is 0.333. The van der Waals surface area contributed by atoms with E-state index in [1.54, 1.807) is 13.2 Å². The summed E-state index contributed by atoms with van der Waals surface area (Å²) in [6, 6.07) is 11.3. The van der Waals surface area contributed by atoms with Crippen LogP contribution in [-0.4, -0.2) is 31.9 Å². The second-order valence-corrected chi connectivity index (χ2v) is 6.43. The predicted octanol–water partition coefficient (Wildman–Crippen LogP) is 3.63. The number of nitrogens with zero attached hydrogens (tertiary/aromatic N) is 1. The molecule has 0 atom stereocenters. The van der Waals surface area contributed by atoms with Crippen molar-refractivity contribution in [1.29, 1.82) is 0 Å².